The number of nitrogens with one attached hydrogen (secondary N) is 1. The van der Waals surface area contributed by atoms with Gasteiger partial charge in [0.15, 0.2) is 11.0 Å². The first-order valence-electron chi connectivity index (χ1n) is 10.6. The number of H-pyrrole nitrogens is 1. The van der Waals surface area contributed by atoms with E-state index in [1.165, 1.54) is 54.5 Å². The zero-order valence-corrected chi connectivity index (χ0v) is 19.3. The third-order valence-corrected chi connectivity index (χ3v) is 7.60. The molecule has 10 heteroatoms. The average Bonchev–Trinajstić information content (AvgIpc) is 3.46. The summed E-state index contributed by atoms with van der Waals surface area (Å²) in [4.78, 5) is 22.1. The van der Waals surface area contributed by atoms with Crippen molar-refractivity contribution < 1.29 is 4.39 Å². The lowest BCUT2D eigenvalue weighted by atomic mass is 10.1. The number of nitrogens with zero attached hydrogens (tertiary/aromatic N) is 5. The van der Waals surface area contributed by atoms with Crippen molar-refractivity contribution in [2.75, 3.05) is 13.1 Å². The van der Waals surface area contributed by atoms with E-state index in [0.29, 0.717) is 27.0 Å². The second kappa shape index (κ2) is 9.13. The number of thiophene rings is 1. The van der Waals surface area contributed by atoms with Gasteiger partial charge in [-0.2, -0.15) is 0 Å². The van der Waals surface area contributed by atoms with E-state index in [-0.39, 0.29) is 17.4 Å². The van der Waals surface area contributed by atoms with Crippen molar-refractivity contribution in [2.24, 2.45) is 0 Å². The highest BCUT2D eigenvalue weighted by Gasteiger charge is 2.25. The number of aromatic nitrogens is 5. The number of hydrogen-bond acceptors (Lipinski definition) is 7. The quantitative estimate of drug-likeness (QED) is 0.417. The molecule has 0 saturated carbocycles. The standard InChI is InChI=1S/C22H23FN6OS2/c1-14(28-10-3-2-4-11-28)20-26-27-22(29(20)16-7-5-15(23)6-8-16)32-13-18-24-17-9-12-31-19(17)21(30)25-18/h5-9,12,14H,2-4,10-11,13H2,1H3,(H,24,25,30)/t14-/m1/s1. The Kier molecular flexibility index (Phi) is 6.07. The maximum Gasteiger partial charge on any atom is 0.268 e. The lowest BCUT2D eigenvalue weighted by Gasteiger charge is -2.31. The molecule has 1 fully saturated rings. The molecule has 0 unspecified atom stereocenters. The minimum absolute atomic E-state index is 0.0855. The lowest BCUT2D eigenvalue weighted by Crippen LogP contribution is -2.33. The van der Waals surface area contributed by atoms with E-state index < -0.39 is 0 Å². The number of aromatic amines is 1. The van der Waals surface area contributed by atoms with Crippen LogP contribution in [0, 0.1) is 5.82 Å². The van der Waals surface area contributed by atoms with E-state index in [1.807, 2.05) is 16.0 Å². The van der Waals surface area contributed by atoms with E-state index in [0.717, 1.165) is 24.6 Å². The van der Waals surface area contributed by atoms with Crippen LogP contribution in [0.5, 0.6) is 0 Å². The highest BCUT2D eigenvalue weighted by Crippen LogP contribution is 2.30. The molecule has 0 spiro atoms. The SMILES string of the molecule is C[C@H](c1nnc(SCc2nc3ccsc3c(=O)[nH]2)n1-c1ccc(F)cc1)N1CCCCC1. The van der Waals surface area contributed by atoms with Crippen LogP contribution < -0.4 is 5.56 Å². The van der Waals surface area contributed by atoms with Crippen LogP contribution in [0.2, 0.25) is 0 Å². The van der Waals surface area contributed by atoms with Gasteiger partial charge in [0.2, 0.25) is 0 Å². The van der Waals surface area contributed by atoms with E-state index in [4.69, 9.17) is 0 Å². The minimum atomic E-state index is -0.285. The molecule has 0 bridgehead atoms. The molecular weight excluding hydrogens is 447 g/mol. The van der Waals surface area contributed by atoms with Gasteiger partial charge in [-0.15, -0.1) is 21.5 Å². The zero-order valence-electron chi connectivity index (χ0n) is 17.6. The molecule has 1 saturated heterocycles. The van der Waals surface area contributed by atoms with Crippen LogP contribution in [0.4, 0.5) is 4.39 Å². The third kappa shape index (κ3) is 4.22. The van der Waals surface area contributed by atoms with E-state index in [9.17, 15) is 9.18 Å². The van der Waals surface area contributed by atoms with Crippen LogP contribution in [0.15, 0.2) is 45.7 Å². The Morgan fingerprint density at radius 3 is 2.72 bits per heavy atom. The molecule has 0 aliphatic carbocycles. The maximum atomic E-state index is 13.6. The van der Waals surface area contributed by atoms with Gasteiger partial charge in [-0.05, 0) is 68.6 Å². The number of benzene rings is 1. The van der Waals surface area contributed by atoms with Crippen molar-refractivity contribution in [3.05, 3.63) is 63.5 Å². The number of fused-ring (bicyclic) bond motifs is 1. The molecule has 1 aromatic carbocycles. The first-order valence-corrected chi connectivity index (χ1v) is 12.5. The van der Waals surface area contributed by atoms with Gasteiger partial charge in [-0.25, -0.2) is 9.37 Å². The molecule has 1 atom stereocenters. The Morgan fingerprint density at radius 2 is 1.94 bits per heavy atom. The normalized spacial score (nSPS) is 15.9. The predicted octanol–water partition coefficient (Wildman–Crippen LogP) is 4.54. The molecule has 1 N–H and O–H groups in total. The van der Waals surface area contributed by atoms with Gasteiger partial charge in [0, 0.05) is 5.69 Å². The Bertz CT molecular complexity index is 1280. The Balaban J connectivity index is 1.47. The molecule has 166 valence electrons. The van der Waals surface area contributed by atoms with Gasteiger partial charge in [-0.3, -0.25) is 14.3 Å². The van der Waals surface area contributed by atoms with Crippen molar-refractivity contribution in [1.82, 2.24) is 29.6 Å². The Labute approximate surface area is 192 Å². The Morgan fingerprint density at radius 1 is 1.16 bits per heavy atom. The summed E-state index contributed by atoms with van der Waals surface area (Å²) in [5.41, 5.74) is 1.39. The van der Waals surface area contributed by atoms with Crippen LogP contribution in [-0.2, 0) is 5.75 Å². The zero-order chi connectivity index (χ0) is 22.1. The smallest absolute Gasteiger partial charge is 0.268 e. The fraction of sp³-hybridized carbons (Fsp3) is 0.364. The van der Waals surface area contributed by atoms with Crippen LogP contribution >= 0.6 is 23.1 Å². The molecule has 0 amide bonds. The first-order chi connectivity index (χ1) is 15.6. The molecule has 32 heavy (non-hydrogen) atoms. The largest absolute Gasteiger partial charge is 0.309 e. The predicted molar refractivity (Wildman–Crippen MR) is 125 cm³/mol. The third-order valence-electron chi connectivity index (χ3n) is 5.76. The van der Waals surface area contributed by atoms with Crippen molar-refractivity contribution in [3.8, 4) is 5.69 Å². The summed E-state index contributed by atoms with van der Waals surface area (Å²) >= 11 is 2.83. The van der Waals surface area contributed by atoms with E-state index >= 15 is 0 Å². The number of hydrogen-bond donors (Lipinski definition) is 1. The topological polar surface area (TPSA) is 79.7 Å². The van der Waals surface area contributed by atoms with Gasteiger partial charge >= 0.3 is 0 Å². The van der Waals surface area contributed by atoms with Crippen molar-refractivity contribution in [1.29, 1.82) is 0 Å². The summed E-state index contributed by atoms with van der Waals surface area (Å²) in [6.07, 6.45) is 3.62. The van der Waals surface area contributed by atoms with Crippen molar-refractivity contribution in [2.45, 2.75) is 43.1 Å². The van der Waals surface area contributed by atoms with E-state index in [2.05, 4.69) is 32.0 Å². The van der Waals surface area contributed by atoms with E-state index in [1.54, 1.807) is 12.1 Å². The van der Waals surface area contributed by atoms with Crippen molar-refractivity contribution >= 4 is 33.3 Å². The highest BCUT2D eigenvalue weighted by atomic mass is 32.2. The second-order valence-electron chi connectivity index (χ2n) is 7.86. The molecule has 1 aliphatic heterocycles. The molecule has 4 aromatic rings. The van der Waals surface area contributed by atoms with Crippen LogP contribution in [0.1, 0.15) is 43.9 Å². The van der Waals surface area contributed by atoms with Crippen LogP contribution in [-0.4, -0.2) is 42.7 Å². The van der Waals surface area contributed by atoms with Gasteiger partial charge in [0.1, 0.15) is 16.3 Å². The lowest BCUT2D eigenvalue weighted by molar-refractivity contribution is 0.167. The van der Waals surface area contributed by atoms with Gasteiger partial charge in [0.25, 0.3) is 5.56 Å². The maximum absolute atomic E-state index is 13.6. The molecule has 5 rings (SSSR count). The summed E-state index contributed by atoms with van der Waals surface area (Å²) in [7, 11) is 0. The summed E-state index contributed by atoms with van der Waals surface area (Å²) in [5.74, 6) is 1.58. The van der Waals surface area contributed by atoms with Crippen molar-refractivity contribution in [3.63, 3.8) is 0 Å². The monoisotopic (exact) mass is 470 g/mol. The first kappa shape index (κ1) is 21.3. The molecule has 3 aromatic heterocycles. The van der Waals surface area contributed by atoms with Crippen LogP contribution in [0.25, 0.3) is 15.9 Å². The number of piperidine rings is 1. The number of thioether (sulfide) groups is 1. The second-order valence-corrected chi connectivity index (χ2v) is 9.72. The van der Waals surface area contributed by atoms with Gasteiger partial charge < -0.3 is 4.98 Å². The Hall–Kier alpha value is -2.56. The number of rotatable bonds is 6. The van der Waals surface area contributed by atoms with Gasteiger partial charge in [0.05, 0.1) is 17.3 Å². The fourth-order valence-corrected chi connectivity index (χ4v) is 5.62. The summed E-state index contributed by atoms with van der Waals surface area (Å²) in [5, 5.41) is 11.5. The summed E-state index contributed by atoms with van der Waals surface area (Å²) in [6, 6.07) is 8.32. The van der Waals surface area contributed by atoms with Crippen LogP contribution in [0.3, 0.4) is 0 Å². The minimum Gasteiger partial charge on any atom is -0.309 e. The number of halogens is 1. The molecule has 4 heterocycles. The molecule has 0 radical (unpaired) electrons. The average molecular weight is 471 g/mol. The molecule has 1 aliphatic rings. The summed E-state index contributed by atoms with van der Waals surface area (Å²) < 4.78 is 16.2. The molecule has 7 nitrogen and oxygen atoms in total. The molecular formula is C22H23FN6OS2. The number of likely N-dealkylation sites (tertiary alicyclic amines) is 1. The highest BCUT2D eigenvalue weighted by molar-refractivity contribution is 7.98. The summed E-state index contributed by atoms with van der Waals surface area (Å²) in [6.45, 7) is 4.21. The van der Waals surface area contributed by atoms with Gasteiger partial charge in [-0.1, -0.05) is 18.2 Å². The fourth-order valence-electron chi connectivity index (χ4n) is 4.07.